The second-order valence-electron chi connectivity index (χ2n) is 4.37. The number of rotatable bonds is 3. The third kappa shape index (κ3) is 2.71. The number of halogens is 1. The van der Waals surface area contributed by atoms with Gasteiger partial charge in [-0.1, -0.05) is 29.8 Å². The number of imide groups is 1. The fourth-order valence-electron chi connectivity index (χ4n) is 2.03. The highest BCUT2D eigenvalue weighted by atomic mass is 35.5. The molecule has 1 heterocycles. The van der Waals surface area contributed by atoms with E-state index in [0.29, 0.717) is 30.8 Å². The van der Waals surface area contributed by atoms with Gasteiger partial charge in [0.25, 0.3) is 0 Å². The standard InChI is InChI=1S/C13H15ClN2O2/c14-10-4-2-1-3-9(10)7-8-16-12(17)6-5-11(15)13(16)18/h1-4,11H,5-8,15H2. The maximum absolute atomic E-state index is 11.8. The Kier molecular flexibility index (Phi) is 3.99. The molecule has 0 aromatic heterocycles. The molecule has 1 aromatic rings. The van der Waals surface area contributed by atoms with Crippen LogP contribution in [0.4, 0.5) is 0 Å². The Bertz CT molecular complexity index is 476. The lowest BCUT2D eigenvalue weighted by atomic mass is 10.0. The summed E-state index contributed by atoms with van der Waals surface area (Å²) in [5.74, 6) is -0.424. The smallest absolute Gasteiger partial charge is 0.246 e. The van der Waals surface area contributed by atoms with E-state index in [1.54, 1.807) is 6.07 Å². The summed E-state index contributed by atoms with van der Waals surface area (Å²) in [6, 6.07) is 6.86. The number of nitrogens with zero attached hydrogens (tertiary/aromatic N) is 1. The number of nitrogens with two attached hydrogens (primary N) is 1. The topological polar surface area (TPSA) is 63.4 Å². The summed E-state index contributed by atoms with van der Waals surface area (Å²) in [4.78, 5) is 24.7. The summed E-state index contributed by atoms with van der Waals surface area (Å²) in [5.41, 5.74) is 6.59. The molecule has 2 amide bonds. The summed E-state index contributed by atoms with van der Waals surface area (Å²) >= 11 is 6.03. The van der Waals surface area contributed by atoms with Gasteiger partial charge >= 0.3 is 0 Å². The molecule has 0 spiro atoms. The fraction of sp³-hybridized carbons (Fsp3) is 0.385. The van der Waals surface area contributed by atoms with Crippen LogP contribution in [0.15, 0.2) is 24.3 Å². The number of amides is 2. The van der Waals surface area contributed by atoms with Crippen molar-refractivity contribution < 1.29 is 9.59 Å². The van der Waals surface area contributed by atoms with Gasteiger partial charge in [0.05, 0.1) is 6.04 Å². The highest BCUT2D eigenvalue weighted by Gasteiger charge is 2.31. The summed E-state index contributed by atoms with van der Waals surface area (Å²) in [6.07, 6.45) is 1.35. The monoisotopic (exact) mass is 266 g/mol. The van der Waals surface area contributed by atoms with Crippen LogP contribution in [-0.4, -0.2) is 29.3 Å². The Morgan fingerprint density at radius 1 is 1.33 bits per heavy atom. The first kappa shape index (κ1) is 13.1. The number of benzene rings is 1. The summed E-state index contributed by atoms with van der Waals surface area (Å²) in [7, 11) is 0. The molecule has 2 N–H and O–H groups in total. The lowest BCUT2D eigenvalue weighted by molar-refractivity contribution is -0.149. The molecule has 0 aliphatic carbocycles. The van der Waals surface area contributed by atoms with E-state index >= 15 is 0 Å². The molecule has 96 valence electrons. The van der Waals surface area contributed by atoms with Crippen molar-refractivity contribution in [3.05, 3.63) is 34.9 Å². The van der Waals surface area contributed by atoms with E-state index in [1.165, 1.54) is 4.90 Å². The Morgan fingerprint density at radius 3 is 2.78 bits per heavy atom. The largest absolute Gasteiger partial charge is 0.320 e. The van der Waals surface area contributed by atoms with Crippen molar-refractivity contribution in [2.45, 2.75) is 25.3 Å². The molecule has 1 fully saturated rings. The molecule has 1 aromatic carbocycles. The van der Waals surface area contributed by atoms with Crippen LogP contribution >= 0.6 is 11.6 Å². The lowest BCUT2D eigenvalue weighted by Crippen LogP contribution is -2.51. The van der Waals surface area contributed by atoms with Crippen LogP contribution in [0.5, 0.6) is 0 Å². The van der Waals surface area contributed by atoms with Crippen molar-refractivity contribution in [1.82, 2.24) is 4.90 Å². The second-order valence-corrected chi connectivity index (χ2v) is 4.78. The van der Waals surface area contributed by atoms with E-state index in [9.17, 15) is 9.59 Å². The van der Waals surface area contributed by atoms with Crippen molar-refractivity contribution in [2.75, 3.05) is 6.54 Å². The summed E-state index contributed by atoms with van der Waals surface area (Å²) < 4.78 is 0. The molecule has 4 nitrogen and oxygen atoms in total. The third-order valence-corrected chi connectivity index (χ3v) is 3.48. The average molecular weight is 267 g/mol. The number of likely N-dealkylation sites (tertiary alicyclic amines) is 1. The summed E-state index contributed by atoms with van der Waals surface area (Å²) in [5, 5.41) is 0.652. The molecule has 2 rings (SSSR count). The fourth-order valence-corrected chi connectivity index (χ4v) is 2.26. The zero-order chi connectivity index (χ0) is 13.1. The highest BCUT2D eigenvalue weighted by Crippen LogP contribution is 2.17. The maximum Gasteiger partial charge on any atom is 0.246 e. The van der Waals surface area contributed by atoms with Crippen LogP contribution in [0, 0.1) is 0 Å². The van der Waals surface area contributed by atoms with E-state index in [4.69, 9.17) is 17.3 Å². The van der Waals surface area contributed by atoms with Gasteiger partial charge in [0.1, 0.15) is 0 Å². The first-order valence-corrected chi connectivity index (χ1v) is 6.30. The molecule has 0 bridgehead atoms. The number of carbonyl (C=O) groups excluding carboxylic acids is 2. The minimum Gasteiger partial charge on any atom is -0.320 e. The Labute approximate surface area is 111 Å². The van der Waals surface area contributed by atoms with Crippen LogP contribution in [-0.2, 0) is 16.0 Å². The zero-order valence-corrected chi connectivity index (χ0v) is 10.7. The average Bonchev–Trinajstić information content (AvgIpc) is 2.36. The van der Waals surface area contributed by atoms with Crippen molar-refractivity contribution in [2.24, 2.45) is 5.73 Å². The molecule has 0 radical (unpaired) electrons. The van der Waals surface area contributed by atoms with Crippen LogP contribution in [0.1, 0.15) is 18.4 Å². The number of hydrogen-bond acceptors (Lipinski definition) is 3. The maximum atomic E-state index is 11.8. The van der Waals surface area contributed by atoms with Gasteiger partial charge in [-0.05, 0) is 24.5 Å². The van der Waals surface area contributed by atoms with Gasteiger partial charge in [-0.2, -0.15) is 0 Å². The molecule has 18 heavy (non-hydrogen) atoms. The van der Waals surface area contributed by atoms with Crippen molar-refractivity contribution in [3.8, 4) is 0 Å². The van der Waals surface area contributed by atoms with Crippen LogP contribution in [0.2, 0.25) is 5.02 Å². The normalized spacial score (nSPS) is 20.3. The Balaban J connectivity index is 2.03. The predicted octanol–water partition coefficient (Wildman–Crippen LogP) is 1.36. The Hall–Kier alpha value is -1.39. The van der Waals surface area contributed by atoms with E-state index < -0.39 is 6.04 Å². The van der Waals surface area contributed by atoms with Crippen LogP contribution in [0.25, 0.3) is 0 Å². The van der Waals surface area contributed by atoms with Gasteiger partial charge in [0.15, 0.2) is 0 Å². The molecule has 1 unspecified atom stereocenters. The first-order chi connectivity index (χ1) is 8.59. The quantitative estimate of drug-likeness (QED) is 0.840. The minimum absolute atomic E-state index is 0.145. The van der Waals surface area contributed by atoms with Crippen molar-refractivity contribution in [1.29, 1.82) is 0 Å². The highest BCUT2D eigenvalue weighted by molar-refractivity contribution is 6.31. The van der Waals surface area contributed by atoms with Gasteiger partial charge in [-0.25, -0.2) is 0 Å². The zero-order valence-electron chi connectivity index (χ0n) is 9.93. The number of piperidine rings is 1. The van der Waals surface area contributed by atoms with Gasteiger partial charge in [-0.15, -0.1) is 0 Å². The van der Waals surface area contributed by atoms with E-state index in [1.807, 2.05) is 18.2 Å². The van der Waals surface area contributed by atoms with E-state index in [2.05, 4.69) is 0 Å². The predicted molar refractivity (Wildman–Crippen MR) is 69.1 cm³/mol. The van der Waals surface area contributed by atoms with Gasteiger partial charge in [-0.3, -0.25) is 14.5 Å². The molecule has 0 saturated carbocycles. The third-order valence-electron chi connectivity index (χ3n) is 3.12. The molecule has 1 aliphatic rings. The van der Waals surface area contributed by atoms with Gasteiger partial charge in [0.2, 0.25) is 11.8 Å². The van der Waals surface area contributed by atoms with Crippen LogP contribution < -0.4 is 5.73 Å². The van der Waals surface area contributed by atoms with Crippen molar-refractivity contribution in [3.63, 3.8) is 0 Å². The molecule has 1 atom stereocenters. The molecular formula is C13H15ClN2O2. The molecule has 1 aliphatic heterocycles. The van der Waals surface area contributed by atoms with E-state index in [-0.39, 0.29) is 11.8 Å². The van der Waals surface area contributed by atoms with E-state index in [0.717, 1.165) is 5.56 Å². The Morgan fingerprint density at radius 2 is 2.06 bits per heavy atom. The van der Waals surface area contributed by atoms with Gasteiger partial charge in [0, 0.05) is 18.0 Å². The SMILES string of the molecule is NC1CCC(=O)N(CCc2ccccc2Cl)C1=O. The number of hydrogen-bond donors (Lipinski definition) is 1. The summed E-state index contributed by atoms with van der Waals surface area (Å²) in [6.45, 7) is 0.342. The second kappa shape index (κ2) is 5.50. The first-order valence-electron chi connectivity index (χ1n) is 5.93. The minimum atomic E-state index is -0.547. The lowest BCUT2D eigenvalue weighted by Gasteiger charge is -2.28. The molecule has 1 saturated heterocycles. The number of carbonyl (C=O) groups is 2. The van der Waals surface area contributed by atoms with Crippen LogP contribution in [0.3, 0.4) is 0 Å². The molecular weight excluding hydrogens is 252 g/mol. The molecule has 5 heteroatoms. The van der Waals surface area contributed by atoms with Crippen molar-refractivity contribution >= 4 is 23.4 Å². The van der Waals surface area contributed by atoms with Gasteiger partial charge < -0.3 is 5.73 Å².